The minimum absolute atomic E-state index is 0.105. The van der Waals surface area contributed by atoms with Crippen molar-refractivity contribution in [3.05, 3.63) is 34.1 Å². The van der Waals surface area contributed by atoms with Crippen molar-refractivity contribution in [2.75, 3.05) is 0 Å². The number of carboxylic acid groups (broad SMARTS) is 1. The van der Waals surface area contributed by atoms with Gasteiger partial charge in [0, 0.05) is 10.9 Å². The average molecular weight is 263 g/mol. The first-order valence-corrected chi connectivity index (χ1v) is 4.64. The van der Waals surface area contributed by atoms with Crippen molar-refractivity contribution in [3.8, 4) is 0 Å². The number of benzene rings is 1. The molecule has 0 amide bonds. The Bertz CT molecular complexity index is 334. The van der Waals surface area contributed by atoms with E-state index in [2.05, 4.69) is 15.9 Å². The molecule has 0 fully saturated rings. The van der Waals surface area contributed by atoms with Crippen LogP contribution in [-0.2, 0) is 11.2 Å². The first-order chi connectivity index (χ1) is 6.49. The van der Waals surface area contributed by atoms with Crippen molar-refractivity contribution in [3.63, 3.8) is 0 Å². The second-order valence-corrected chi connectivity index (χ2v) is 3.75. The van der Waals surface area contributed by atoms with Gasteiger partial charge < -0.3 is 10.2 Å². The first kappa shape index (κ1) is 11.1. The second-order valence-electron chi connectivity index (χ2n) is 2.84. The fourth-order valence-corrected chi connectivity index (χ4v) is 1.55. The van der Waals surface area contributed by atoms with Crippen molar-refractivity contribution in [1.82, 2.24) is 0 Å². The number of hydrogen-bond donors (Lipinski definition) is 2. The maximum atomic E-state index is 12.8. The molecule has 0 aliphatic carbocycles. The molecule has 3 nitrogen and oxygen atoms in total. The Kier molecular flexibility index (Phi) is 3.60. The van der Waals surface area contributed by atoms with E-state index in [9.17, 15) is 9.18 Å². The van der Waals surface area contributed by atoms with E-state index in [4.69, 9.17) is 10.2 Å². The van der Waals surface area contributed by atoms with Gasteiger partial charge in [0.25, 0.3) is 0 Å². The lowest BCUT2D eigenvalue weighted by Crippen LogP contribution is -2.21. The number of aliphatic hydroxyl groups is 1. The topological polar surface area (TPSA) is 57.5 Å². The van der Waals surface area contributed by atoms with E-state index in [-0.39, 0.29) is 6.42 Å². The summed E-state index contributed by atoms with van der Waals surface area (Å²) in [5, 5.41) is 17.5. The number of carbonyl (C=O) groups is 1. The highest BCUT2D eigenvalue weighted by Crippen LogP contribution is 2.16. The fraction of sp³-hybridized carbons (Fsp3) is 0.222. The summed E-state index contributed by atoms with van der Waals surface area (Å²) in [5.74, 6) is -1.78. The Morgan fingerprint density at radius 1 is 1.50 bits per heavy atom. The van der Waals surface area contributed by atoms with Gasteiger partial charge in [0.2, 0.25) is 0 Å². The third-order valence-corrected chi connectivity index (χ3v) is 2.09. The normalized spacial score (nSPS) is 12.5. The lowest BCUT2D eigenvalue weighted by Gasteiger charge is -2.05. The molecule has 0 bridgehead atoms. The lowest BCUT2D eigenvalue weighted by atomic mass is 10.1. The predicted octanol–water partition coefficient (Wildman–Crippen LogP) is 1.58. The van der Waals surface area contributed by atoms with Crippen LogP contribution in [0.3, 0.4) is 0 Å². The molecule has 0 saturated carbocycles. The van der Waals surface area contributed by atoms with Gasteiger partial charge in [-0.2, -0.15) is 0 Å². The van der Waals surface area contributed by atoms with E-state index in [0.717, 1.165) is 0 Å². The molecular formula is C9H8BrFO3. The zero-order chi connectivity index (χ0) is 10.7. The molecule has 0 spiro atoms. The Balaban J connectivity index is 2.81. The van der Waals surface area contributed by atoms with E-state index >= 15 is 0 Å². The van der Waals surface area contributed by atoms with E-state index in [1.165, 1.54) is 12.1 Å². The molecule has 14 heavy (non-hydrogen) atoms. The van der Waals surface area contributed by atoms with Crippen LogP contribution in [0, 0.1) is 5.82 Å². The van der Waals surface area contributed by atoms with E-state index < -0.39 is 17.9 Å². The number of aliphatic hydroxyl groups excluding tert-OH is 1. The molecule has 1 atom stereocenters. The number of halogens is 2. The minimum Gasteiger partial charge on any atom is -0.479 e. The Morgan fingerprint density at radius 2 is 2.14 bits per heavy atom. The van der Waals surface area contributed by atoms with Gasteiger partial charge in [-0.1, -0.05) is 15.9 Å². The summed E-state index contributed by atoms with van der Waals surface area (Å²) in [6, 6.07) is 4.02. The van der Waals surface area contributed by atoms with Crippen LogP contribution in [0.1, 0.15) is 5.56 Å². The Morgan fingerprint density at radius 3 is 2.64 bits per heavy atom. The highest BCUT2D eigenvalue weighted by Gasteiger charge is 2.14. The summed E-state index contributed by atoms with van der Waals surface area (Å²) in [6.07, 6.45) is -1.60. The second kappa shape index (κ2) is 4.52. The van der Waals surface area contributed by atoms with Crippen molar-refractivity contribution >= 4 is 21.9 Å². The Hall–Kier alpha value is -0.940. The maximum absolute atomic E-state index is 12.8. The summed E-state index contributed by atoms with van der Waals surface area (Å²) < 4.78 is 13.3. The van der Waals surface area contributed by atoms with Crippen LogP contribution < -0.4 is 0 Å². The largest absolute Gasteiger partial charge is 0.479 e. The van der Waals surface area contributed by atoms with Crippen LogP contribution in [-0.4, -0.2) is 22.3 Å². The first-order valence-electron chi connectivity index (χ1n) is 3.85. The van der Waals surface area contributed by atoms with Crippen molar-refractivity contribution in [2.24, 2.45) is 0 Å². The van der Waals surface area contributed by atoms with Crippen LogP contribution in [0.25, 0.3) is 0 Å². The molecule has 1 aromatic rings. The number of aliphatic carboxylic acids is 1. The van der Waals surface area contributed by atoms with Gasteiger partial charge in [0.15, 0.2) is 6.10 Å². The molecule has 0 aromatic heterocycles. The molecule has 0 radical (unpaired) electrons. The molecule has 2 N–H and O–H groups in total. The van der Waals surface area contributed by atoms with Crippen molar-refractivity contribution in [1.29, 1.82) is 0 Å². The zero-order valence-corrected chi connectivity index (χ0v) is 8.66. The van der Waals surface area contributed by atoms with Crippen LogP contribution in [0.15, 0.2) is 22.7 Å². The van der Waals surface area contributed by atoms with Crippen molar-refractivity contribution < 1.29 is 19.4 Å². The highest BCUT2D eigenvalue weighted by atomic mass is 79.9. The molecule has 76 valence electrons. The third kappa shape index (κ3) is 3.08. The van der Waals surface area contributed by atoms with E-state index in [0.29, 0.717) is 10.0 Å². The van der Waals surface area contributed by atoms with E-state index in [1.807, 2.05) is 0 Å². The van der Waals surface area contributed by atoms with Gasteiger partial charge in [-0.3, -0.25) is 0 Å². The molecule has 1 aromatic carbocycles. The summed E-state index contributed by atoms with van der Waals surface area (Å²) in [5.41, 5.74) is 0.437. The standard InChI is InChI=1S/C9H8BrFO3/c10-6-1-5(2-7(11)4-6)3-8(12)9(13)14/h1-2,4,8,12H,3H2,(H,13,14). The molecule has 1 rings (SSSR count). The van der Waals surface area contributed by atoms with Gasteiger partial charge in [0.1, 0.15) is 5.82 Å². The van der Waals surface area contributed by atoms with Gasteiger partial charge in [0.05, 0.1) is 0 Å². The molecule has 0 aliphatic rings. The highest BCUT2D eigenvalue weighted by molar-refractivity contribution is 9.10. The molecular weight excluding hydrogens is 255 g/mol. The molecule has 0 saturated heterocycles. The summed E-state index contributed by atoms with van der Waals surface area (Å²) in [7, 11) is 0. The summed E-state index contributed by atoms with van der Waals surface area (Å²) in [6.45, 7) is 0. The smallest absolute Gasteiger partial charge is 0.332 e. The number of hydrogen-bond acceptors (Lipinski definition) is 2. The maximum Gasteiger partial charge on any atom is 0.332 e. The number of carboxylic acids is 1. The minimum atomic E-state index is -1.50. The molecule has 0 aliphatic heterocycles. The van der Waals surface area contributed by atoms with Gasteiger partial charge in [-0.05, 0) is 23.8 Å². The SMILES string of the molecule is O=C(O)C(O)Cc1cc(F)cc(Br)c1. The predicted molar refractivity (Wildman–Crippen MR) is 51.4 cm³/mol. The molecule has 0 heterocycles. The van der Waals surface area contributed by atoms with Crippen LogP contribution in [0.2, 0.25) is 0 Å². The zero-order valence-electron chi connectivity index (χ0n) is 7.08. The van der Waals surface area contributed by atoms with Gasteiger partial charge in [-0.25, -0.2) is 9.18 Å². The summed E-state index contributed by atoms with van der Waals surface area (Å²) >= 11 is 3.07. The van der Waals surface area contributed by atoms with Crippen LogP contribution >= 0.6 is 15.9 Å². The number of rotatable bonds is 3. The Labute approximate surface area is 88.3 Å². The lowest BCUT2D eigenvalue weighted by molar-refractivity contribution is -0.146. The molecule has 1 unspecified atom stereocenters. The quantitative estimate of drug-likeness (QED) is 0.870. The van der Waals surface area contributed by atoms with Gasteiger partial charge >= 0.3 is 5.97 Å². The van der Waals surface area contributed by atoms with Gasteiger partial charge in [-0.15, -0.1) is 0 Å². The summed E-state index contributed by atoms with van der Waals surface area (Å²) in [4.78, 5) is 10.3. The van der Waals surface area contributed by atoms with Crippen molar-refractivity contribution in [2.45, 2.75) is 12.5 Å². The fourth-order valence-electron chi connectivity index (χ4n) is 1.04. The third-order valence-electron chi connectivity index (χ3n) is 1.64. The van der Waals surface area contributed by atoms with Crippen LogP contribution in [0.5, 0.6) is 0 Å². The van der Waals surface area contributed by atoms with Crippen LogP contribution in [0.4, 0.5) is 4.39 Å². The average Bonchev–Trinajstić information content (AvgIpc) is 2.01. The monoisotopic (exact) mass is 262 g/mol. The molecule has 5 heteroatoms. The van der Waals surface area contributed by atoms with E-state index in [1.54, 1.807) is 6.07 Å².